The second-order valence-corrected chi connectivity index (χ2v) is 5.69. The lowest BCUT2D eigenvalue weighted by atomic mass is 10.2. The number of carboxylic acids is 2. The highest BCUT2D eigenvalue weighted by molar-refractivity contribution is 9.10. The number of hydrogen-bond acceptors (Lipinski definition) is 4. The van der Waals surface area contributed by atoms with Gasteiger partial charge in [-0.05, 0) is 28.9 Å². The van der Waals surface area contributed by atoms with Crippen molar-refractivity contribution in [3.63, 3.8) is 0 Å². The molecule has 0 unspecified atom stereocenters. The molecule has 1 aromatic heterocycles. The van der Waals surface area contributed by atoms with Gasteiger partial charge in [-0.3, -0.25) is 14.9 Å². The summed E-state index contributed by atoms with van der Waals surface area (Å²) < 4.78 is 0.909. The van der Waals surface area contributed by atoms with Gasteiger partial charge in [-0.25, -0.2) is 0 Å². The molecule has 1 aromatic rings. The van der Waals surface area contributed by atoms with Crippen molar-refractivity contribution in [3.05, 3.63) is 20.3 Å². The van der Waals surface area contributed by atoms with E-state index < -0.39 is 24.4 Å². The van der Waals surface area contributed by atoms with Crippen LogP contribution in [0.15, 0.2) is 10.5 Å². The second-order valence-electron chi connectivity index (χ2n) is 3.50. The Balaban J connectivity index is 2.60. The van der Waals surface area contributed by atoms with E-state index in [-0.39, 0.29) is 0 Å². The average Bonchev–Trinajstić information content (AvgIpc) is 2.51. The third-order valence-electron chi connectivity index (χ3n) is 2.07. The maximum atomic E-state index is 10.8. The molecule has 0 aromatic carbocycles. The minimum absolute atomic E-state index is 0.337. The Labute approximate surface area is 111 Å². The van der Waals surface area contributed by atoms with Crippen molar-refractivity contribution in [2.24, 2.45) is 0 Å². The van der Waals surface area contributed by atoms with E-state index in [2.05, 4.69) is 21.2 Å². The molecular formula is C10H12BrNO4S. The number of thiophene rings is 1. The first kappa shape index (κ1) is 14.1. The van der Waals surface area contributed by atoms with Gasteiger partial charge in [0.1, 0.15) is 6.04 Å². The van der Waals surface area contributed by atoms with Crippen molar-refractivity contribution in [1.82, 2.24) is 5.32 Å². The number of halogens is 1. The normalized spacial score (nSPS) is 12.4. The Kier molecular flexibility index (Phi) is 5.10. The first-order valence-corrected chi connectivity index (χ1v) is 6.44. The van der Waals surface area contributed by atoms with E-state index in [0.717, 1.165) is 14.2 Å². The van der Waals surface area contributed by atoms with E-state index in [1.54, 1.807) is 0 Å². The molecule has 0 aliphatic heterocycles. The van der Waals surface area contributed by atoms with Crippen LogP contribution in [0, 0.1) is 6.92 Å². The molecule has 5 nitrogen and oxygen atoms in total. The van der Waals surface area contributed by atoms with Crippen LogP contribution in [0.5, 0.6) is 0 Å². The highest BCUT2D eigenvalue weighted by Crippen LogP contribution is 2.26. The number of nitrogens with one attached hydrogen (secondary N) is 1. The first-order valence-electron chi connectivity index (χ1n) is 4.83. The number of hydrogen-bond donors (Lipinski definition) is 3. The van der Waals surface area contributed by atoms with E-state index in [0.29, 0.717) is 6.54 Å². The summed E-state index contributed by atoms with van der Waals surface area (Å²) in [5.74, 6) is -2.29. The maximum absolute atomic E-state index is 10.8. The lowest BCUT2D eigenvalue weighted by Crippen LogP contribution is -2.37. The summed E-state index contributed by atoms with van der Waals surface area (Å²) in [5, 5.41) is 20.1. The Morgan fingerprint density at radius 2 is 2.18 bits per heavy atom. The number of carbonyl (C=O) groups is 2. The molecule has 0 aliphatic rings. The molecule has 0 aliphatic carbocycles. The van der Waals surface area contributed by atoms with Crippen molar-refractivity contribution in [3.8, 4) is 0 Å². The van der Waals surface area contributed by atoms with Crippen LogP contribution in [-0.4, -0.2) is 28.2 Å². The van der Waals surface area contributed by atoms with Crippen LogP contribution in [0.2, 0.25) is 0 Å². The quantitative estimate of drug-likeness (QED) is 0.744. The topological polar surface area (TPSA) is 86.6 Å². The molecule has 0 amide bonds. The van der Waals surface area contributed by atoms with Crippen molar-refractivity contribution >= 4 is 39.2 Å². The summed E-state index contributed by atoms with van der Waals surface area (Å²) in [6, 6.07) is 0.871. The van der Waals surface area contributed by atoms with Gasteiger partial charge >= 0.3 is 11.9 Å². The molecule has 3 N–H and O–H groups in total. The Bertz CT molecular complexity index is 432. The van der Waals surface area contributed by atoms with E-state index in [9.17, 15) is 9.59 Å². The van der Waals surface area contributed by atoms with Gasteiger partial charge in [0.25, 0.3) is 0 Å². The molecule has 0 radical (unpaired) electrons. The minimum atomic E-state index is -1.16. The highest BCUT2D eigenvalue weighted by atomic mass is 79.9. The largest absolute Gasteiger partial charge is 0.481 e. The van der Waals surface area contributed by atoms with Crippen LogP contribution in [0.25, 0.3) is 0 Å². The minimum Gasteiger partial charge on any atom is -0.481 e. The van der Waals surface area contributed by atoms with Crippen molar-refractivity contribution in [2.75, 3.05) is 0 Å². The number of rotatable bonds is 6. The third-order valence-corrected chi connectivity index (χ3v) is 4.09. The van der Waals surface area contributed by atoms with Crippen molar-refractivity contribution in [1.29, 1.82) is 0 Å². The predicted molar refractivity (Wildman–Crippen MR) is 67.3 cm³/mol. The van der Waals surface area contributed by atoms with E-state index in [1.165, 1.54) is 11.3 Å². The van der Waals surface area contributed by atoms with Gasteiger partial charge in [-0.15, -0.1) is 11.3 Å². The second kappa shape index (κ2) is 6.13. The SMILES string of the molecule is Cc1cc(Br)c(CN[C@H](CC(=O)O)C(=O)O)s1. The van der Waals surface area contributed by atoms with Crippen LogP contribution >= 0.6 is 27.3 Å². The van der Waals surface area contributed by atoms with Gasteiger partial charge in [-0.2, -0.15) is 0 Å². The van der Waals surface area contributed by atoms with Gasteiger partial charge < -0.3 is 10.2 Å². The van der Waals surface area contributed by atoms with Crippen LogP contribution in [-0.2, 0) is 16.1 Å². The summed E-state index contributed by atoms with van der Waals surface area (Å²) >= 11 is 4.90. The molecule has 0 saturated heterocycles. The zero-order valence-corrected chi connectivity index (χ0v) is 11.5. The smallest absolute Gasteiger partial charge is 0.321 e. The lowest BCUT2D eigenvalue weighted by molar-refractivity contribution is -0.146. The van der Waals surface area contributed by atoms with Crippen LogP contribution in [0.1, 0.15) is 16.2 Å². The predicted octanol–water partition coefficient (Wildman–Crippen LogP) is 1.84. The fourth-order valence-electron chi connectivity index (χ4n) is 1.29. The molecule has 0 fully saturated rings. The zero-order chi connectivity index (χ0) is 13.0. The summed E-state index contributed by atoms with van der Waals surface area (Å²) in [5.41, 5.74) is 0. The van der Waals surface area contributed by atoms with E-state index >= 15 is 0 Å². The van der Waals surface area contributed by atoms with Gasteiger partial charge in [-0.1, -0.05) is 0 Å². The summed E-state index contributed by atoms with van der Waals surface area (Å²) in [6.45, 7) is 2.29. The molecular weight excluding hydrogens is 310 g/mol. The first-order chi connectivity index (χ1) is 7.90. The Hall–Kier alpha value is -0.920. The molecule has 0 saturated carbocycles. The summed E-state index contributed by atoms with van der Waals surface area (Å²) in [6.07, 6.45) is -0.433. The number of aryl methyl sites for hydroxylation is 1. The zero-order valence-electron chi connectivity index (χ0n) is 9.07. The monoisotopic (exact) mass is 321 g/mol. The lowest BCUT2D eigenvalue weighted by Gasteiger charge is -2.11. The summed E-state index contributed by atoms with van der Waals surface area (Å²) in [7, 11) is 0. The van der Waals surface area contributed by atoms with Gasteiger partial charge in [0.2, 0.25) is 0 Å². The Morgan fingerprint density at radius 3 is 2.59 bits per heavy atom. The molecule has 0 spiro atoms. The van der Waals surface area contributed by atoms with Crippen LogP contribution in [0.3, 0.4) is 0 Å². The number of aliphatic carboxylic acids is 2. The van der Waals surface area contributed by atoms with Crippen LogP contribution in [0.4, 0.5) is 0 Å². The third kappa shape index (κ3) is 4.45. The van der Waals surface area contributed by atoms with Gasteiger partial charge in [0.05, 0.1) is 6.42 Å². The molecule has 0 bridgehead atoms. The molecule has 1 rings (SSSR count). The average molecular weight is 322 g/mol. The highest BCUT2D eigenvalue weighted by Gasteiger charge is 2.20. The summed E-state index contributed by atoms with van der Waals surface area (Å²) in [4.78, 5) is 23.4. The van der Waals surface area contributed by atoms with E-state index in [4.69, 9.17) is 10.2 Å². The van der Waals surface area contributed by atoms with Crippen molar-refractivity contribution < 1.29 is 19.8 Å². The standard InChI is InChI=1S/C10H12BrNO4S/c1-5-2-6(11)8(17-5)4-12-7(10(15)16)3-9(13)14/h2,7,12H,3-4H2,1H3,(H,13,14)(H,15,16)/t7-/m1/s1. The molecule has 17 heavy (non-hydrogen) atoms. The number of carboxylic acid groups (broad SMARTS) is 2. The van der Waals surface area contributed by atoms with Gasteiger partial charge in [0, 0.05) is 20.8 Å². The fourth-order valence-corrected chi connectivity index (χ4v) is 3.04. The molecule has 7 heteroatoms. The molecule has 1 atom stereocenters. The molecule has 94 valence electrons. The van der Waals surface area contributed by atoms with Crippen LogP contribution < -0.4 is 5.32 Å². The Morgan fingerprint density at radius 1 is 1.53 bits per heavy atom. The van der Waals surface area contributed by atoms with Crippen molar-refractivity contribution in [2.45, 2.75) is 25.9 Å². The fraction of sp³-hybridized carbons (Fsp3) is 0.400. The molecule has 1 heterocycles. The maximum Gasteiger partial charge on any atom is 0.321 e. The van der Waals surface area contributed by atoms with Gasteiger partial charge in [0.15, 0.2) is 0 Å². The van der Waals surface area contributed by atoms with E-state index in [1.807, 2.05) is 13.0 Å².